The van der Waals surface area contributed by atoms with E-state index in [1.165, 1.54) is 0 Å². The van der Waals surface area contributed by atoms with Crippen LogP contribution in [-0.2, 0) is 0 Å². The number of fused-ring (bicyclic) bond motifs is 2. The molecule has 228 valence electrons. The molecule has 8 nitrogen and oxygen atoms in total. The van der Waals surface area contributed by atoms with Gasteiger partial charge in [0.1, 0.15) is 0 Å². The minimum atomic E-state index is 0.728. The van der Waals surface area contributed by atoms with Crippen LogP contribution in [0.15, 0.2) is 140 Å². The molecular weight excluding hydrogens is 568 g/mol. The van der Waals surface area contributed by atoms with Crippen molar-refractivity contribution in [2.75, 3.05) is 23.7 Å². The second kappa shape index (κ2) is 13.9. The lowest BCUT2D eigenvalue weighted by atomic mass is 10.1. The SMILES string of the molecule is CCNc1ccc(N=Nc2ccc(N=Nc3cc(C)c(N=Nc4ccc(NCC)c5ccccc45)c(C)c3)cc2)c2ccccc12. The van der Waals surface area contributed by atoms with Gasteiger partial charge in [-0.2, -0.15) is 15.3 Å². The average Bonchev–Trinajstić information content (AvgIpc) is 3.08. The Bertz CT molecular complexity index is 2070. The number of benzene rings is 6. The van der Waals surface area contributed by atoms with E-state index in [9.17, 15) is 0 Å². The maximum Gasteiger partial charge on any atom is 0.0936 e. The van der Waals surface area contributed by atoms with E-state index >= 15 is 0 Å². The Morgan fingerprint density at radius 1 is 0.435 bits per heavy atom. The van der Waals surface area contributed by atoms with Crippen molar-refractivity contribution in [3.63, 3.8) is 0 Å². The summed E-state index contributed by atoms with van der Waals surface area (Å²) in [4.78, 5) is 0. The van der Waals surface area contributed by atoms with Gasteiger partial charge < -0.3 is 10.6 Å². The van der Waals surface area contributed by atoms with E-state index in [-0.39, 0.29) is 0 Å². The van der Waals surface area contributed by atoms with Gasteiger partial charge in [-0.25, -0.2) is 0 Å². The molecule has 0 heterocycles. The van der Waals surface area contributed by atoms with Crippen LogP contribution in [0.25, 0.3) is 21.5 Å². The van der Waals surface area contributed by atoms with Crippen LogP contribution in [0.1, 0.15) is 25.0 Å². The van der Waals surface area contributed by atoms with Gasteiger partial charge in [-0.15, -0.1) is 15.3 Å². The standard InChI is InChI=1S/C38H36N8/c1-5-39-34-19-21-36(32-13-9-7-11-30(32)34)44-42-28-17-15-27(16-18-28)41-43-29-23-25(3)38(26(4)24-29)46-45-37-22-20-35(40-6-2)31-12-8-10-14-33(31)37/h7-24,39-40H,5-6H2,1-4H3. The fraction of sp³-hybridized carbons (Fsp3) is 0.158. The van der Waals surface area contributed by atoms with E-state index in [0.717, 1.165) is 91.3 Å². The summed E-state index contributed by atoms with van der Waals surface area (Å²) in [7, 11) is 0. The van der Waals surface area contributed by atoms with Crippen molar-refractivity contribution >= 4 is 67.0 Å². The Kier molecular flexibility index (Phi) is 9.15. The molecule has 6 aromatic rings. The number of rotatable bonds is 10. The maximum absolute atomic E-state index is 4.65. The first-order chi connectivity index (χ1) is 22.5. The van der Waals surface area contributed by atoms with Crippen molar-refractivity contribution in [3.05, 3.63) is 120 Å². The summed E-state index contributed by atoms with van der Waals surface area (Å²) in [5.74, 6) is 0. The molecule has 0 saturated carbocycles. The number of hydrogen-bond donors (Lipinski definition) is 2. The van der Waals surface area contributed by atoms with Gasteiger partial charge in [-0.1, -0.05) is 48.5 Å². The molecule has 2 N–H and O–H groups in total. The number of azo groups is 3. The number of hydrogen-bond acceptors (Lipinski definition) is 8. The minimum Gasteiger partial charge on any atom is -0.385 e. The van der Waals surface area contributed by atoms with Crippen molar-refractivity contribution < 1.29 is 0 Å². The highest BCUT2D eigenvalue weighted by Gasteiger charge is 2.08. The summed E-state index contributed by atoms with van der Waals surface area (Å²) in [6.07, 6.45) is 0. The van der Waals surface area contributed by atoms with Crippen LogP contribution in [0.4, 0.5) is 45.5 Å². The Hall–Kier alpha value is -5.76. The number of nitrogens with one attached hydrogen (secondary N) is 2. The highest BCUT2D eigenvalue weighted by Crippen LogP contribution is 2.36. The van der Waals surface area contributed by atoms with Crippen molar-refractivity contribution in [1.29, 1.82) is 0 Å². The molecule has 0 atom stereocenters. The van der Waals surface area contributed by atoms with E-state index in [0.29, 0.717) is 0 Å². The first-order valence-electron chi connectivity index (χ1n) is 15.5. The lowest BCUT2D eigenvalue weighted by Gasteiger charge is -2.10. The van der Waals surface area contributed by atoms with Gasteiger partial charge in [0.25, 0.3) is 0 Å². The largest absolute Gasteiger partial charge is 0.385 e. The summed E-state index contributed by atoms with van der Waals surface area (Å²) >= 11 is 0. The Morgan fingerprint density at radius 2 is 0.848 bits per heavy atom. The van der Waals surface area contributed by atoms with Crippen molar-refractivity contribution in [2.24, 2.45) is 30.7 Å². The van der Waals surface area contributed by atoms with Crippen LogP contribution >= 0.6 is 0 Å². The first-order valence-corrected chi connectivity index (χ1v) is 15.5. The predicted octanol–water partition coefficient (Wildman–Crippen LogP) is 12.7. The third kappa shape index (κ3) is 6.66. The fourth-order valence-corrected chi connectivity index (χ4v) is 5.50. The van der Waals surface area contributed by atoms with Gasteiger partial charge in [0.15, 0.2) is 0 Å². The Balaban J connectivity index is 1.16. The monoisotopic (exact) mass is 604 g/mol. The normalized spacial score (nSPS) is 11.8. The second-order valence-corrected chi connectivity index (χ2v) is 11.0. The van der Waals surface area contributed by atoms with Crippen LogP contribution in [0.2, 0.25) is 0 Å². The number of anilines is 2. The molecule has 46 heavy (non-hydrogen) atoms. The molecular formula is C38H36N8. The smallest absolute Gasteiger partial charge is 0.0936 e. The molecule has 0 saturated heterocycles. The molecule has 0 aliphatic heterocycles. The fourth-order valence-electron chi connectivity index (χ4n) is 5.50. The van der Waals surface area contributed by atoms with E-state index < -0.39 is 0 Å². The molecule has 0 spiro atoms. The van der Waals surface area contributed by atoms with Crippen molar-refractivity contribution in [1.82, 2.24) is 0 Å². The molecule has 0 unspecified atom stereocenters. The quantitative estimate of drug-likeness (QED) is 0.152. The summed E-state index contributed by atoms with van der Waals surface area (Å²) in [5.41, 5.74) is 8.86. The average molecular weight is 605 g/mol. The van der Waals surface area contributed by atoms with E-state index in [2.05, 4.69) is 85.5 Å². The Labute approximate surface area is 269 Å². The molecule has 6 aromatic carbocycles. The Morgan fingerprint density at radius 3 is 1.33 bits per heavy atom. The van der Waals surface area contributed by atoms with E-state index in [4.69, 9.17) is 0 Å². The predicted molar refractivity (Wildman–Crippen MR) is 191 cm³/mol. The second-order valence-electron chi connectivity index (χ2n) is 11.0. The molecule has 0 aliphatic rings. The molecule has 0 aliphatic carbocycles. The third-order valence-corrected chi connectivity index (χ3v) is 7.67. The van der Waals surface area contributed by atoms with Gasteiger partial charge >= 0.3 is 0 Å². The molecule has 0 radical (unpaired) electrons. The lowest BCUT2D eigenvalue weighted by molar-refractivity contribution is 1.17. The molecule has 6 rings (SSSR count). The molecule has 0 bridgehead atoms. The van der Waals surface area contributed by atoms with Gasteiger partial charge in [-0.05, 0) is 99.5 Å². The number of nitrogens with zero attached hydrogens (tertiary/aromatic N) is 6. The van der Waals surface area contributed by atoms with Crippen molar-refractivity contribution in [3.8, 4) is 0 Å². The zero-order valence-corrected chi connectivity index (χ0v) is 26.5. The van der Waals surface area contributed by atoms with E-state index in [1.54, 1.807) is 0 Å². The highest BCUT2D eigenvalue weighted by atomic mass is 15.1. The molecule has 0 amide bonds. The summed E-state index contributed by atoms with van der Waals surface area (Å²) in [5, 5.41) is 38.5. The van der Waals surface area contributed by atoms with Gasteiger partial charge in [-0.3, -0.25) is 0 Å². The van der Waals surface area contributed by atoms with Crippen LogP contribution in [-0.4, -0.2) is 13.1 Å². The lowest BCUT2D eigenvalue weighted by Crippen LogP contribution is -1.96. The van der Waals surface area contributed by atoms with Crippen LogP contribution in [0, 0.1) is 13.8 Å². The van der Waals surface area contributed by atoms with Gasteiger partial charge in [0, 0.05) is 46.0 Å². The zero-order chi connectivity index (χ0) is 31.9. The van der Waals surface area contributed by atoms with Crippen LogP contribution < -0.4 is 10.6 Å². The van der Waals surface area contributed by atoms with Gasteiger partial charge in [0.2, 0.25) is 0 Å². The van der Waals surface area contributed by atoms with E-state index in [1.807, 2.05) is 92.7 Å². The molecule has 0 aromatic heterocycles. The summed E-state index contributed by atoms with van der Waals surface area (Å²) in [6, 6.07) is 36.1. The third-order valence-electron chi connectivity index (χ3n) is 7.67. The summed E-state index contributed by atoms with van der Waals surface area (Å²) in [6.45, 7) is 9.93. The maximum atomic E-state index is 4.65. The van der Waals surface area contributed by atoms with Gasteiger partial charge in [0.05, 0.1) is 34.1 Å². The molecule has 8 heteroatoms. The van der Waals surface area contributed by atoms with Crippen LogP contribution in [0.3, 0.4) is 0 Å². The first kappa shape index (κ1) is 30.3. The highest BCUT2D eigenvalue weighted by molar-refractivity contribution is 6.01. The van der Waals surface area contributed by atoms with Crippen LogP contribution in [0.5, 0.6) is 0 Å². The number of aryl methyl sites for hydroxylation is 2. The van der Waals surface area contributed by atoms with Crippen molar-refractivity contribution in [2.45, 2.75) is 27.7 Å². The summed E-state index contributed by atoms with van der Waals surface area (Å²) < 4.78 is 0. The molecule has 0 fully saturated rings. The topological polar surface area (TPSA) is 98.2 Å². The zero-order valence-electron chi connectivity index (χ0n) is 26.5. The minimum absolute atomic E-state index is 0.728.